The lowest BCUT2D eigenvalue weighted by atomic mass is 10.2. The van der Waals surface area contributed by atoms with E-state index in [9.17, 15) is 22.0 Å². The molecule has 0 N–H and O–H groups in total. The molecule has 0 aliphatic carbocycles. The van der Waals surface area contributed by atoms with Gasteiger partial charge in [-0.2, -0.15) is 26.6 Å². The predicted octanol–water partition coefficient (Wildman–Crippen LogP) is 3.10. The Morgan fingerprint density at radius 1 is 1.14 bits per heavy atom. The van der Waals surface area contributed by atoms with Crippen molar-refractivity contribution in [2.24, 2.45) is 0 Å². The third kappa shape index (κ3) is 3.00. The van der Waals surface area contributed by atoms with Crippen molar-refractivity contribution in [3.63, 3.8) is 0 Å². The fourth-order valence-electron chi connectivity index (χ4n) is 1.64. The summed E-state index contributed by atoms with van der Waals surface area (Å²) < 4.78 is 69.9. The molecule has 2 aromatic rings. The van der Waals surface area contributed by atoms with Crippen LogP contribution in [0.3, 0.4) is 0 Å². The van der Waals surface area contributed by atoms with Gasteiger partial charge in [0.15, 0.2) is 0 Å². The first kappa shape index (κ1) is 16.1. The van der Waals surface area contributed by atoms with Crippen molar-refractivity contribution in [1.82, 2.24) is 20.2 Å². The number of benzene rings is 1. The van der Waals surface area contributed by atoms with Gasteiger partial charge < -0.3 is 4.74 Å². The molecule has 1 aromatic heterocycles. The van der Waals surface area contributed by atoms with Crippen molar-refractivity contribution < 1.29 is 26.7 Å². The summed E-state index contributed by atoms with van der Waals surface area (Å²) >= 11 is 0. The molecule has 22 heavy (non-hydrogen) atoms. The van der Waals surface area contributed by atoms with Gasteiger partial charge in [0.1, 0.15) is 5.75 Å². The maximum Gasteiger partial charge on any atom is 0.461 e. The maximum atomic E-state index is 13.4. The lowest BCUT2D eigenvalue weighted by Crippen LogP contribution is -2.36. The minimum Gasteiger partial charge on any atom is -0.491 e. The van der Waals surface area contributed by atoms with Crippen LogP contribution >= 0.6 is 0 Å². The van der Waals surface area contributed by atoms with Gasteiger partial charge in [0.05, 0.1) is 11.8 Å². The summed E-state index contributed by atoms with van der Waals surface area (Å²) in [5.41, 5.74) is -0.0675. The second kappa shape index (κ2) is 5.50. The highest BCUT2D eigenvalue weighted by Gasteiger charge is 2.62. The molecule has 0 amide bonds. The molecular formula is C12H11F5N4O. The Labute approximate surface area is 121 Å². The molecule has 0 spiro atoms. The first-order chi connectivity index (χ1) is 10.1. The summed E-state index contributed by atoms with van der Waals surface area (Å²) in [5.74, 6) is -6.49. The van der Waals surface area contributed by atoms with Crippen molar-refractivity contribution in [2.75, 3.05) is 0 Å². The van der Waals surface area contributed by atoms with Gasteiger partial charge in [-0.3, -0.25) is 0 Å². The molecule has 5 nitrogen and oxygen atoms in total. The Morgan fingerprint density at radius 3 is 2.41 bits per heavy atom. The fraction of sp³-hybridized carbons (Fsp3) is 0.417. The number of tetrazole rings is 1. The molecule has 1 heterocycles. The summed E-state index contributed by atoms with van der Waals surface area (Å²) in [5, 5.41) is 8.93. The van der Waals surface area contributed by atoms with Gasteiger partial charge in [0.25, 0.3) is 0 Å². The van der Waals surface area contributed by atoms with Crippen LogP contribution in [0.25, 0.3) is 5.69 Å². The van der Waals surface area contributed by atoms with Crippen molar-refractivity contribution in [3.05, 3.63) is 30.1 Å². The van der Waals surface area contributed by atoms with Crippen LogP contribution in [0.1, 0.15) is 19.7 Å². The van der Waals surface area contributed by atoms with E-state index in [1.165, 1.54) is 24.3 Å². The zero-order chi connectivity index (χ0) is 16.5. The largest absolute Gasteiger partial charge is 0.491 e. The molecule has 0 bridgehead atoms. The van der Waals surface area contributed by atoms with Gasteiger partial charge in [0.2, 0.25) is 5.82 Å². The Kier molecular flexibility index (Phi) is 4.03. The van der Waals surface area contributed by atoms with E-state index in [2.05, 4.69) is 15.5 Å². The number of ether oxygens (including phenoxy) is 1. The Morgan fingerprint density at radius 2 is 1.82 bits per heavy atom. The standard InChI is InChI=1S/C12H11F5N4O/c1-7(2)22-9-5-3-4-8(6-9)21-10(18-19-20-21)11(13,14)12(15,16)17/h3-7H,1-2H3. The molecule has 0 aliphatic rings. The molecule has 0 saturated carbocycles. The van der Waals surface area contributed by atoms with Crippen molar-refractivity contribution in [1.29, 1.82) is 0 Å². The molecule has 0 unspecified atom stereocenters. The molecule has 10 heteroatoms. The number of aromatic nitrogens is 4. The lowest BCUT2D eigenvalue weighted by Gasteiger charge is -2.18. The average molecular weight is 322 g/mol. The van der Waals surface area contributed by atoms with Crippen molar-refractivity contribution >= 4 is 0 Å². The molecule has 1 aromatic carbocycles. The van der Waals surface area contributed by atoms with Gasteiger partial charge in [-0.1, -0.05) is 6.07 Å². The molecule has 2 rings (SSSR count). The highest BCUT2D eigenvalue weighted by Crippen LogP contribution is 2.43. The number of alkyl halides is 5. The fourth-order valence-corrected chi connectivity index (χ4v) is 1.64. The second-order valence-electron chi connectivity index (χ2n) is 4.65. The first-order valence-corrected chi connectivity index (χ1v) is 6.13. The van der Waals surface area contributed by atoms with Crippen LogP contribution in [0.2, 0.25) is 0 Å². The third-order valence-electron chi connectivity index (χ3n) is 2.54. The summed E-state index contributed by atoms with van der Waals surface area (Å²) in [4.78, 5) is 0. The van der Waals surface area contributed by atoms with E-state index in [-0.39, 0.29) is 11.8 Å². The van der Waals surface area contributed by atoms with E-state index in [4.69, 9.17) is 4.74 Å². The smallest absolute Gasteiger partial charge is 0.461 e. The van der Waals surface area contributed by atoms with E-state index in [1.54, 1.807) is 13.8 Å². The second-order valence-corrected chi connectivity index (χ2v) is 4.65. The van der Waals surface area contributed by atoms with Crippen LogP contribution in [0.4, 0.5) is 22.0 Å². The number of nitrogens with zero attached hydrogens (tertiary/aromatic N) is 4. The molecule has 0 radical (unpaired) electrons. The molecule has 120 valence electrons. The Bertz CT molecular complexity index is 653. The van der Waals surface area contributed by atoms with Gasteiger partial charge >= 0.3 is 12.1 Å². The highest BCUT2D eigenvalue weighted by molar-refractivity contribution is 5.39. The monoisotopic (exact) mass is 322 g/mol. The van der Waals surface area contributed by atoms with E-state index in [0.717, 1.165) is 0 Å². The topological polar surface area (TPSA) is 52.8 Å². The van der Waals surface area contributed by atoms with Crippen LogP contribution in [0, 0.1) is 0 Å². The SMILES string of the molecule is CC(C)Oc1cccc(-n2nnnc2C(F)(F)C(F)(F)F)c1. The van der Waals surface area contributed by atoms with Crippen LogP contribution < -0.4 is 4.74 Å². The van der Waals surface area contributed by atoms with E-state index >= 15 is 0 Å². The number of hydrogen-bond donors (Lipinski definition) is 0. The van der Waals surface area contributed by atoms with Crippen LogP contribution in [0.5, 0.6) is 5.75 Å². The minimum atomic E-state index is -5.80. The lowest BCUT2D eigenvalue weighted by molar-refractivity contribution is -0.293. The number of hydrogen-bond acceptors (Lipinski definition) is 4. The minimum absolute atomic E-state index is 0.0675. The highest BCUT2D eigenvalue weighted by atomic mass is 19.4. The van der Waals surface area contributed by atoms with Gasteiger partial charge in [-0.05, 0) is 36.4 Å². The van der Waals surface area contributed by atoms with Crippen LogP contribution in [-0.2, 0) is 5.92 Å². The van der Waals surface area contributed by atoms with Gasteiger partial charge in [0, 0.05) is 6.07 Å². The van der Waals surface area contributed by atoms with Crippen molar-refractivity contribution in [3.8, 4) is 11.4 Å². The van der Waals surface area contributed by atoms with E-state index in [0.29, 0.717) is 10.4 Å². The maximum absolute atomic E-state index is 13.4. The predicted molar refractivity (Wildman–Crippen MR) is 64.9 cm³/mol. The quantitative estimate of drug-likeness (QED) is 0.812. The number of halogens is 5. The zero-order valence-electron chi connectivity index (χ0n) is 11.5. The third-order valence-corrected chi connectivity index (χ3v) is 2.54. The van der Waals surface area contributed by atoms with Crippen molar-refractivity contribution in [2.45, 2.75) is 32.1 Å². The normalized spacial score (nSPS) is 12.7. The molecule has 0 aliphatic heterocycles. The Balaban J connectivity index is 2.46. The molecule has 0 fully saturated rings. The molecular weight excluding hydrogens is 311 g/mol. The summed E-state index contributed by atoms with van der Waals surface area (Å²) in [6.07, 6.45) is -5.99. The molecule has 0 saturated heterocycles. The van der Waals surface area contributed by atoms with Gasteiger partial charge in [-0.25, -0.2) is 0 Å². The van der Waals surface area contributed by atoms with E-state index < -0.39 is 17.9 Å². The molecule has 0 atom stereocenters. The van der Waals surface area contributed by atoms with Gasteiger partial charge in [-0.15, -0.1) is 5.10 Å². The summed E-state index contributed by atoms with van der Waals surface area (Å²) in [7, 11) is 0. The number of rotatable bonds is 4. The van der Waals surface area contributed by atoms with E-state index in [1.807, 2.05) is 0 Å². The average Bonchev–Trinajstić information content (AvgIpc) is 2.86. The zero-order valence-corrected chi connectivity index (χ0v) is 11.5. The first-order valence-electron chi connectivity index (χ1n) is 6.13. The Hall–Kier alpha value is -2.26. The summed E-state index contributed by atoms with van der Waals surface area (Å²) in [6.45, 7) is 3.49. The van der Waals surface area contributed by atoms with Crippen LogP contribution in [0.15, 0.2) is 24.3 Å². The van der Waals surface area contributed by atoms with Crippen LogP contribution in [-0.4, -0.2) is 32.5 Å². The summed E-state index contributed by atoms with van der Waals surface area (Å²) in [6, 6.07) is 5.53.